The molecule has 16 heavy (non-hydrogen) atoms. The molecule has 0 aromatic rings. The van der Waals surface area contributed by atoms with Crippen LogP contribution in [0.5, 0.6) is 0 Å². The van der Waals surface area contributed by atoms with Crippen molar-refractivity contribution in [3.63, 3.8) is 0 Å². The molecular formula is C13H17NO2. The molecule has 0 bridgehead atoms. The number of rotatable bonds is 0. The average Bonchev–Trinajstić information content (AvgIpc) is 2.29. The Hall–Kier alpha value is -1.12. The standard InChI is InChI=1S/C13H17NO2/c15-11-3-1-2-8-4-6-10-9(13(8)11)5-7-12(16)14-10/h8,13H,1-7H2,(H,14,16). The average molecular weight is 219 g/mol. The van der Waals surface area contributed by atoms with Crippen molar-refractivity contribution in [3.8, 4) is 0 Å². The van der Waals surface area contributed by atoms with Crippen LogP contribution < -0.4 is 5.32 Å². The smallest absolute Gasteiger partial charge is 0.224 e. The molecule has 0 aromatic heterocycles. The van der Waals surface area contributed by atoms with Crippen LogP contribution in [0.3, 0.4) is 0 Å². The molecule has 2 unspecified atom stereocenters. The zero-order valence-electron chi connectivity index (χ0n) is 9.42. The normalized spacial score (nSPS) is 34.2. The van der Waals surface area contributed by atoms with Crippen LogP contribution in [-0.4, -0.2) is 11.7 Å². The van der Waals surface area contributed by atoms with E-state index in [2.05, 4.69) is 5.32 Å². The molecule has 3 nitrogen and oxygen atoms in total. The zero-order chi connectivity index (χ0) is 11.1. The van der Waals surface area contributed by atoms with E-state index < -0.39 is 0 Å². The highest BCUT2D eigenvalue weighted by Crippen LogP contribution is 2.43. The second-order valence-electron chi connectivity index (χ2n) is 5.19. The topological polar surface area (TPSA) is 46.2 Å². The molecule has 1 saturated carbocycles. The predicted octanol–water partition coefficient (Wildman–Crippen LogP) is 1.93. The summed E-state index contributed by atoms with van der Waals surface area (Å²) in [5, 5.41) is 2.96. The summed E-state index contributed by atoms with van der Waals surface area (Å²) in [6, 6.07) is 0. The molecule has 0 aromatic carbocycles. The first-order chi connectivity index (χ1) is 7.75. The van der Waals surface area contributed by atoms with Crippen LogP contribution in [-0.2, 0) is 9.59 Å². The van der Waals surface area contributed by atoms with E-state index >= 15 is 0 Å². The van der Waals surface area contributed by atoms with Crippen LogP contribution in [0.4, 0.5) is 0 Å². The summed E-state index contributed by atoms with van der Waals surface area (Å²) < 4.78 is 0. The summed E-state index contributed by atoms with van der Waals surface area (Å²) >= 11 is 0. The van der Waals surface area contributed by atoms with Gasteiger partial charge in [0.25, 0.3) is 0 Å². The molecule has 2 atom stereocenters. The van der Waals surface area contributed by atoms with Crippen molar-refractivity contribution < 1.29 is 9.59 Å². The van der Waals surface area contributed by atoms with E-state index in [0.29, 0.717) is 18.1 Å². The lowest BCUT2D eigenvalue weighted by molar-refractivity contribution is -0.127. The number of Topliss-reactive ketones (excluding diaryl/α,β-unsaturated/α-hetero) is 1. The van der Waals surface area contributed by atoms with Gasteiger partial charge in [-0.25, -0.2) is 0 Å². The van der Waals surface area contributed by atoms with Crippen molar-refractivity contribution >= 4 is 11.7 Å². The second-order valence-corrected chi connectivity index (χ2v) is 5.19. The fraction of sp³-hybridized carbons (Fsp3) is 0.692. The maximum Gasteiger partial charge on any atom is 0.224 e. The first-order valence-electron chi connectivity index (χ1n) is 6.30. The Morgan fingerprint density at radius 2 is 1.88 bits per heavy atom. The number of amides is 1. The molecule has 3 rings (SSSR count). The van der Waals surface area contributed by atoms with Gasteiger partial charge in [0.2, 0.25) is 5.91 Å². The monoisotopic (exact) mass is 219 g/mol. The van der Waals surface area contributed by atoms with Crippen molar-refractivity contribution in [3.05, 3.63) is 11.3 Å². The van der Waals surface area contributed by atoms with Crippen LogP contribution >= 0.6 is 0 Å². The lowest BCUT2D eigenvalue weighted by Crippen LogP contribution is -2.40. The van der Waals surface area contributed by atoms with Gasteiger partial charge in [-0.2, -0.15) is 0 Å². The highest BCUT2D eigenvalue weighted by atomic mass is 16.1. The Kier molecular flexibility index (Phi) is 2.34. The molecule has 3 heteroatoms. The van der Waals surface area contributed by atoms with Crippen molar-refractivity contribution in [2.24, 2.45) is 11.8 Å². The van der Waals surface area contributed by atoms with E-state index in [1.807, 2.05) is 0 Å². The van der Waals surface area contributed by atoms with Crippen LogP contribution in [0.25, 0.3) is 0 Å². The zero-order valence-corrected chi connectivity index (χ0v) is 9.42. The van der Waals surface area contributed by atoms with Crippen molar-refractivity contribution in [1.29, 1.82) is 0 Å². The summed E-state index contributed by atoms with van der Waals surface area (Å²) in [6.45, 7) is 0. The third-order valence-corrected chi connectivity index (χ3v) is 4.26. The first kappa shape index (κ1) is 10.1. The fourth-order valence-corrected chi connectivity index (χ4v) is 3.52. The number of nitrogens with one attached hydrogen (secondary N) is 1. The van der Waals surface area contributed by atoms with Crippen molar-refractivity contribution in [2.45, 2.75) is 44.9 Å². The van der Waals surface area contributed by atoms with Gasteiger partial charge in [-0.1, -0.05) is 0 Å². The summed E-state index contributed by atoms with van der Waals surface area (Å²) in [4.78, 5) is 23.3. The minimum absolute atomic E-state index is 0.125. The van der Waals surface area contributed by atoms with Gasteiger partial charge in [0, 0.05) is 24.5 Å². The molecule has 2 aliphatic carbocycles. The third-order valence-electron chi connectivity index (χ3n) is 4.26. The second kappa shape index (κ2) is 3.72. The number of hydrogen-bond donors (Lipinski definition) is 1. The molecule has 1 amide bonds. The van der Waals surface area contributed by atoms with Crippen LogP contribution in [0.2, 0.25) is 0 Å². The lowest BCUT2D eigenvalue weighted by atomic mass is 9.67. The van der Waals surface area contributed by atoms with Gasteiger partial charge >= 0.3 is 0 Å². The number of carbonyl (C=O) groups is 2. The molecule has 86 valence electrons. The summed E-state index contributed by atoms with van der Waals surface area (Å²) in [7, 11) is 0. The van der Waals surface area contributed by atoms with E-state index in [1.165, 1.54) is 12.0 Å². The molecule has 3 aliphatic rings. The van der Waals surface area contributed by atoms with Gasteiger partial charge in [0.1, 0.15) is 5.78 Å². The Labute approximate surface area is 95.3 Å². The molecule has 0 saturated heterocycles. The Morgan fingerprint density at radius 1 is 1.00 bits per heavy atom. The van der Waals surface area contributed by atoms with E-state index in [9.17, 15) is 9.59 Å². The quantitative estimate of drug-likeness (QED) is 0.676. The predicted molar refractivity (Wildman–Crippen MR) is 59.5 cm³/mol. The van der Waals surface area contributed by atoms with Crippen LogP contribution in [0.15, 0.2) is 11.3 Å². The van der Waals surface area contributed by atoms with Gasteiger partial charge in [-0.05, 0) is 43.6 Å². The van der Waals surface area contributed by atoms with E-state index in [-0.39, 0.29) is 11.8 Å². The maximum absolute atomic E-state index is 12.0. The van der Waals surface area contributed by atoms with E-state index in [0.717, 1.165) is 37.8 Å². The molecular weight excluding hydrogens is 202 g/mol. The highest BCUT2D eigenvalue weighted by molar-refractivity contribution is 5.87. The number of hydrogen-bond acceptors (Lipinski definition) is 2. The first-order valence-corrected chi connectivity index (χ1v) is 6.30. The minimum atomic E-state index is 0.125. The SMILES string of the molecule is O=C1CCC2=C(CCC3CCCC(=O)C23)N1. The Bertz CT molecular complexity index is 383. The molecule has 1 heterocycles. The molecule has 0 spiro atoms. The minimum Gasteiger partial charge on any atom is -0.330 e. The summed E-state index contributed by atoms with van der Waals surface area (Å²) in [5.74, 6) is 1.26. The van der Waals surface area contributed by atoms with Crippen molar-refractivity contribution in [2.75, 3.05) is 0 Å². The third kappa shape index (κ3) is 1.49. The van der Waals surface area contributed by atoms with Gasteiger partial charge in [-0.3, -0.25) is 9.59 Å². The maximum atomic E-state index is 12.0. The van der Waals surface area contributed by atoms with Gasteiger partial charge in [-0.15, -0.1) is 0 Å². The fourth-order valence-electron chi connectivity index (χ4n) is 3.52. The van der Waals surface area contributed by atoms with Gasteiger partial charge < -0.3 is 5.32 Å². The number of ketones is 1. The molecule has 1 N–H and O–H groups in total. The highest BCUT2D eigenvalue weighted by Gasteiger charge is 2.39. The lowest BCUT2D eigenvalue weighted by Gasteiger charge is -2.39. The molecule has 1 aliphatic heterocycles. The largest absolute Gasteiger partial charge is 0.330 e. The number of fused-ring (bicyclic) bond motifs is 2. The molecule has 0 radical (unpaired) electrons. The summed E-state index contributed by atoms with van der Waals surface area (Å²) in [5.41, 5.74) is 2.34. The van der Waals surface area contributed by atoms with Crippen LogP contribution in [0, 0.1) is 11.8 Å². The van der Waals surface area contributed by atoms with E-state index in [1.54, 1.807) is 0 Å². The molecule has 1 fully saturated rings. The van der Waals surface area contributed by atoms with Gasteiger partial charge in [0.05, 0.1) is 0 Å². The van der Waals surface area contributed by atoms with E-state index in [4.69, 9.17) is 0 Å². The number of allylic oxidation sites excluding steroid dienone is 2. The summed E-state index contributed by atoms with van der Waals surface area (Å²) in [6.07, 6.45) is 6.43. The number of carbonyl (C=O) groups excluding carboxylic acids is 2. The van der Waals surface area contributed by atoms with Gasteiger partial charge in [0.15, 0.2) is 0 Å². The Balaban J connectivity index is 1.95. The van der Waals surface area contributed by atoms with Crippen molar-refractivity contribution in [1.82, 2.24) is 5.32 Å². The van der Waals surface area contributed by atoms with Crippen LogP contribution in [0.1, 0.15) is 44.9 Å². The Morgan fingerprint density at radius 3 is 2.75 bits per heavy atom.